The number of esters is 2. The van der Waals surface area contributed by atoms with E-state index in [0.717, 1.165) is 0 Å². The summed E-state index contributed by atoms with van der Waals surface area (Å²) in [5.41, 5.74) is 0. The van der Waals surface area contributed by atoms with E-state index in [2.05, 4.69) is 23.7 Å². The van der Waals surface area contributed by atoms with Gasteiger partial charge in [0.25, 0.3) is 0 Å². The van der Waals surface area contributed by atoms with Crippen molar-refractivity contribution in [2.75, 3.05) is 6.61 Å². The second-order valence-electron chi connectivity index (χ2n) is 4.04. The molecule has 0 aliphatic carbocycles. The topological polar surface area (TPSA) is 52.6 Å². The number of ether oxygens (including phenoxy) is 2. The van der Waals surface area contributed by atoms with Crippen molar-refractivity contribution in [1.29, 1.82) is 0 Å². The van der Waals surface area contributed by atoms with Gasteiger partial charge in [0.1, 0.15) is 6.10 Å². The van der Waals surface area contributed by atoms with Gasteiger partial charge in [0.2, 0.25) is 0 Å². The Morgan fingerprint density at radius 1 is 1.10 bits per heavy atom. The highest BCUT2D eigenvalue weighted by Crippen LogP contribution is 2.06. The van der Waals surface area contributed by atoms with Gasteiger partial charge in [-0.3, -0.25) is 9.59 Å². The second kappa shape index (κ2) is 12.6. The maximum absolute atomic E-state index is 11.0. The summed E-state index contributed by atoms with van der Waals surface area (Å²) in [6.07, 6.45) is 7.64. The van der Waals surface area contributed by atoms with Crippen LogP contribution in [0.5, 0.6) is 0 Å². The zero-order valence-electron chi connectivity index (χ0n) is 12.6. The van der Waals surface area contributed by atoms with Crippen molar-refractivity contribution in [3.05, 3.63) is 24.3 Å². The van der Waals surface area contributed by atoms with Crippen LogP contribution in [0.4, 0.5) is 0 Å². The molecule has 1 unspecified atom stereocenters. The number of rotatable bonds is 6. The molecule has 0 amide bonds. The first kappa shape index (κ1) is 18.5. The lowest BCUT2D eigenvalue weighted by atomic mass is 10.2. The van der Waals surface area contributed by atoms with Crippen LogP contribution >= 0.6 is 0 Å². The Bertz CT molecular complexity index is 506. The van der Waals surface area contributed by atoms with Crippen LogP contribution in [-0.4, -0.2) is 24.6 Å². The summed E-state index contributed by atoms with van der Waals surface area (Å²) in [5, 5.41) is 0. The summed E-state index contributed by atoms with van der Waals surface area (Å²) in [5.74, 6) is 10.1. The van der Waals surface area contributed by atoms with Gasteiger partial charge < -0.3 is 9.47 Å². The molecule has 0 heterocycles. The van der Waals surface area contributed by atoms with Gasteiger partial charge in [-0.2, -0.15) is 0 Å². The fourth-order valence-corrected chi connectivity index (χ4v) is 1.31. The van der Waals surface area contributed by atoms with Crippen molar-refractivity contribution in [1.82, 2.24) is 0 Å². The van der Waals surface area contributed by atoms with Crippen LogP contribution in [0.3, 0.4) is 0 Å². The van der Waals surface area contributed by atoms with Gasteiger partial charge in [-0.1, -0.05) is 24.0 Å². The maximum atomic E-state index is 11.0. The van der Waals surface area contributed by atoms with E-state index < -0.39 is 0 Å². The SMILES string of the molecule is CC=CC#CC#CC=CCC(CCOC(C)=O)OC(C)=O. The predicted octanol–water partition coefficient (Wildman–Crippen LogP) is 2.40. The molecule has 4 heteroatoms. The van der Waals surface area contributed by atoms with Gasteiger partial charge in [0.15, 0.2) is 0 Å². The first-order valence-electron chi connectivity index (χ1n) is 6.64. The Kier molecular flexibility index (Phi) is 11.1. The molecule has 112 valence electrons. The molecular weight excluding hydrogens is 268 g/mol. The average Bonchev–Trinajstić information content (AvgIpc) is 2.40. The van der Waals surface area contributed by atoms with Crippen LogP contribution in [-0.2, 0) is 19.1 Å². The smallest absolute Gasteiger partial charge is 0.302 e. The van der Waals surface area contributed by atoms with E-state index in [-0.39, 0.29) is 24.6 Å². The van der Waals surface area contributed by atoms with Crippen LogP contribution in [0.15, 0.2) is 24.3 Å². The minimum absolute atomic E-state index is 0.224. The molecule has 4 nitrogen and oxygen atoms in total. The summed E-state index contributed by atoms with van der Waals surface area (Å²) in [6.45, 7) is 4.79. The highest BCUT2D eigenvalue weighted by molar-refractivity contribution is 5.66. The molecular formula is C17H20O4. The van der Waals surface area contributed by atoms with Crippen molar-refractivity contribution >= 4 is 11.9 Å². The van der Waals surface area contributed by atoms with E-state index in [1.807, 2.05) is 13.0 Å². The van der Waals surface area contributed by atoms with Crippen LogP contribution in [0.25, 0.3) is 0 Å². The first-order valence-corrected chi connectivity index (χ1v) is 6.64. The Balaban J connectivity index is 4.24. The van der Waals surface area contributed by atoms with Gasteiger partial charge in [-0.05, 0) is 30.9 Å². The van der Waals surface area contributed by atoms with E-state index in [4.69, 9.17) is 9.47 Å². The molecule has 0 rings (SSSR count). The molecule has 0 saturated carbocycles. The molecule has 0 bridgehead atoms. The van der Waals surface area contributed by atoms with Crippen LogP contribution in [0.2, 0.25) is 0 Å². The lowest BCUT2D eigenvalue weighted by Gasteiger charge is -2.14. The molecule has 0 aromatic carbocycles. The molecule has 0 aliphatic rings. The van der Waals surface area contributed by atoms with Gasteiger partial charge in [-0.15, -0.1) is 0 Å². The van der Waals surface area contributed by atoms with Crippen molar-refractivity contribution in [2.24, 2.45) is 0 Å². The number of hydrogen-bond donors (Lipinski definition) is 0. The Hall–Kier alpha value is -2.46. The van der Waals surface area contributed by atoms with E-state index >= 15 is 0 Å². The molecule has 0 aromatic heterocycles. The standard InChI is InChI=1S/C17H20O4/c1-4-5-6-7-8-9-10-11-12-17(21-16(3)19)13-14-20-15(2)18/h4-5,10-11,17H,12-14H2,1-3H3. The van der Waals surface area contributed by atoms with Crippen LogP contribution in [0, 0.1) is 23.7 Å². The van der Waals surface area contributed by atoms with Gasteiger partial charge in [0.05, 0.1) is 6.61 Å². The number of carbonyl (C=O) groups excluding carboxylic acids is 2. The lowest BCUT2D eigenvalue weighted by molar-refractivity contribution is -0.148. The van der Waals surface area contributed by atoms with Crippen molar-refractivity contribution < 1.29 is 19.1 Å². The van der Waals surface area contributed by atoms with Gasteiger partial charge in [0, 0.05) is 26.7 Å². The summed E-state index contributed by atoms with van der Waals surface area (Å²) in [6, 6.07) is 0. The third kappa shape index (κ3) is 13.8. The Morgan fingerprint density at radius 2 is 1.76 bits per heavy atom. The normalized spacial score (nSPS) is 11.2. The van der Waals surface area contributed by atoms with E-state index in [1.54, 1.807) is 18.2 Å². The molecule has 0 spiro atoms. The molecule has 21 heavy (non-hydrogen) atoms. The van der Waals surface area contributed by atoms with E-state index in [0.29, 0.717) is 12.8 Å². The quantitative estimate of drug-likeness (QED) is 0.556. The fraction of sp³-hybridized carbons (Fsp3) is 0.412. The molecule has 0 fully saturated rings. The molecule has 0 radical (unpaired) electrons. The molecule has 0 N–H and O–H groups in total. The van der Waals surface area contributed by atoms with Crippen molar-refractivity contribution in [3.63, 3.8) is 0 Å². The van der Waals surface area contributed by atoms with E-state index in [9.17, 15) is 9.59 Å². The third-order valence-electron chi connectivity index (χ3n) is 2.13. The second-order valence-corrected chi connectivity index (χ2v) is 4.04. The van der Waals surface area contributed by atoms with Crippen LogP contribution < -0.4 is 0 Å². The minimum atomic E-state index is -0.362. The average molecular weight is 288 g/mol. The number of carbonyl (C=O) groups is 2. The summed E-state index contributed by atoms with van der Waals surface area (Å²) < 4.78 is 9.95. The largest absolute Gasteiger partial charge is 0.466 e. The zero-order chi connectivity index (χ0) is 15.9. The van der Waals surface area contributed by atoms with E-state index in [1.165, 1.54) is 13.8 Å². The lowest BCUT2D eigenvalue weighted by Crippen LogP contribution is -2.18. The first-order chi connectivity index (χ1) is 10.1. The highest BCUT2D eigenvalue weighted by atomic mass is 16.6. The molecule has 0 saturated heterocycles. The molecule has 1 atom stereocenters. The number of allylic oxidation sites excluding steroid dienone is 3. The van der Waals surface area contributed by atoms with Crippen molar-refractivity contribution in [2.45, 2.75) is 39.7 Å². The fourth-order valence-electron chi connectivity index (χ4n) is 1.31. The predicted molar refractivity (Wildman–Crippen MR) is 80.9 cm³/mol. The molecule has 0 aromatic rings. The maximum Gasteiger partial charge on any atom is 0.302 e. The zero-order valence-corrected chi connectivity index (χ0v) is 12.6. The Morgan fingerprint density at radius 3 is 2.33 bits per heavy atom. The van der Waals surface area contributed by atoms with Gasteiger partial charge in [-0.25, -0.2) is 0 Å². The summed E-state index contributed by atoms with van der Waals surface area (Å²) in [4.78, 5) is 21.7. The number of hydrogen-bond acceptors (Lipinski definition) is 4. The minimum Gasteiger partial charge on any atom is -0.466 e. The van der Waals surface area contributed by atoms with Crippen molar-refractivity contribution in [3.8, 4) is 23.7 Å². The van der Waals surface area contributed by atoms with Gasteiger partial charge >= 0.3 is 11.9 Å². The Labute approximate surface area is 126 Å². The summed E-state index contributed by atoms with van der Waals surface area (Å²) in [7, 11) is 0. The monoisotopic (exact) mass is 288 g/mol. The third-order valence-corrected chi connectivity index (χ3v) is 2.13. The van der Waals surface area contributed by atoms with Crippen LogP contribution in [0.1, 0.15) is 33.6 Å². The summed E-state index contributed by atoms with van der Waals surface area (Å²) >= 11 is 0. The molecule has 0 aliphatic heterocycles. The highest BCUT2D eigenvalue weighted by Gasteiger charge is 2.10.